The summed E-state index contributed by atoms with van der Waals surface area (Å²) in [6.45, 7) is 3.22. The number of carboxylic acid groups (broad SMARTS) is 1. The van der Waals surface area contributed by atoms with Crippen LogP contribution in [-0.2, 0) is 10.3 Å². The maximum Gasteiger partial charge on any atom is 0.329 e. The van der Waals surface area contributed by atoms with E-state index in [4.69, 9.17) is 10.8 Å². The van der Waals surface area contributed by atoms with Crippen LogP contribution in [0.1, 0.15) is 18.3 Å². The average molecular weight is 180 g/mol. The Morgan fingerprint density at radius 1 is 1.62 bits per heavy atom. The van der Waals surface area contributed by atoms with Crippen molar-refractivity contribution in [3.05, 3.63) is 29.6 Å². The molecule has 13 heavy (non-hydrogen) atoms. The molecule has 0 radical (unpaired) electrons. The molecule has 3 N–H and O–H groups in total. The van der Waals surface area contributed by atoms with E-state index in [2.05, 4.69) is 4.98 Å². The van der Waals surface area contributed by atoms with Crippen molar-refractivity contribution in [2.45, 2.75) is 19.4 Å². The highest BCUT2D eigenvalue weighted by molar-refractivity contribution is 5.79. The van der Waals surface area contributed by atoms with Gasteiger partial charge in [-0.2, -0.15) is 0 Å². The maximum atomic E-state index is 10.8. The zero-order valence-electron chi connectivity index (χ0n) is 7.61. The summed E-state index contributed by atoms with van der Waals surface area (Å²) in [6.07, 6.45) is 0. The third-order valence-corrected chi connectivity index (χ3v) is 1.86. The number of aliphatic carboxylic acids is 1. The van der Waals surface area contributed by atoms with Crippen molar-refractivity contribution in [2.75, 3.05) is 0 Å². The molecule has 0 spiro atoms. The van der Waals surface area contributed by atoms with E-state index < -0.39 is 11.5 Å². The summed E-state index contributed by atoms with van der Waals surface area (Å²) in [7, 11) is 0. The lowest BCUT2D eigenvalue weighted by molar-refractivity contribution is -0.143. The fourth-order valence-corrected chi connectivity index (χ4v) is 0.942. The summed E-state index contributed by atoms with van der Waals surface area (Å²) in [5, 5.41) is 8.82. The number of aryl methyl sites for hydroxylation is 1. The highest BCUT2D eigenvalue weighted by Gasteiger charge is 2.31. The highest BCUT2D eigenvalue weighted by Crippen LogP contribution is 2.15. The van der Waals surface area contributed by atoms with Crippen molar-refractivity contribution in [1.29, 1.82) is 0 Å². The minimum absolute atomic E-state index is 0.375. The number of hydrogen-bond acceptors (Lipinski definition) is 3. The summed E-state index contributed by atoms with van der Waals surface area (Å²) in [4.78, 5) is 14.8. The number of carboxylic acids is 1. The van der Waals surface area contributed by atoms with Crippen LogP contribution in [0.5, 0.6) is 0 Å². The number of rotatable bonds is 2. The van der Waals surface area contributed by atoms with Gasteiger partial charge >= 0.3 is 5.97 Å². The molecular formula is C9H12N2O2. The number of pyridine rings is 1. The van der Waals surface area contributed by atoms with Crippen LogP contribution in [0.15, 0.2) is 18.2 Å². The molecule has 0 saturated carbocycles. The molecule has 1 heterocycles. The van der Waals surface area contributed by atoms with Gasteiger partial charge in [-0.3, -0.25) is 4.98 Å². The molecule has 0 unspecified atom stereocenters. The first-order valence-corrected chi connectivity index (χ1v) is 3.91. The molecule has 0 fully saturated rings. The lowest BCUT2D eigenvalue weighted by Gasteiger charge is -2.18. The monoisotopic (exact) mass is 180 g/mol. The molecule has 4 nitrogen and oxygen atoms in total. The number of nitrogens with two attached hydrogens (primary N) is 1. The van der Waals surface area contributed by atoms with Gasteiger partial charge in [0.05, 0.1) is 5.69 Å². The SMILES string of the molecule is Cc1cccc([C@](C)(N)C(=O)O)n1. The van der Waals surface area contributed by atoms with Gasteiger partial charge in [0.15, 0.2) is 5.54 Å². The van der Waals surface area contributed by atoms with E-state index in [1.165, 1.54) is 6.92 Å². The Labute approximate surface area is 76.4 Å². The molecule has 0 bridgehead atoms. The van der Waals surface area contributed by atoms with Crippen molar-refractivity contribution in [3.8, 4) is 0 Å². The van der Waals surface area contributed by atoms with Gasteiger partial charge in [0, 0.05) is 5.69 Å². The summed E-state index contributed by atoms with van der Waals surface area (Å²) in [5.41, 5.74) is 5.31. The van der Waals surface area contributed by atoms with Gasteiger partial charge in [-0.1, -0.05) is 6.07 Å². The zero-order chi connectivity index (χ0) is 10.1. The standard InChI is InChI=1S/C9H12N2O2/c1-6-4-3-5-7(11-6)9(2,10)8(12)13/h3-5H,10H2,1-2H3,(H,12,13)/t9-/m0/s1. The van der Waals surface area contributed by atoms with E-state index in [0.717, 1.165) is 5.69 Å². The predicted octanol–water partition coefficient (Wildman–Crippen LogP) is 0.649. The Morgan fingerprint density at radius 3 is 2.69 bits per heavy atom. The topological polar surface area (TPSA) is 76.2 Å². The molecule has 1 aromatic heterocycles. The summed E-state index contributed by atoms with van der Waals surface area (Å²) in [6, 6.07) is 5.15. The third-order valence-electron chi connectivity index (χ3n) is 1.86. The van der Waals surface area contributed by atoms with E-state index >= 15 is 0 Å². The first kappa shape index (κ1) is 9.67. The molecule has 0 aliphatic heterocycles. The smallest absolute Gasteiger partial charge is 0.329 e. The van der Waals surface area contributed by atoms with Crippen molar-refractivity contribution in [1.82, 2.24) is 4.98 Å². The molecule has 1 atom stereocenters. The Kier molecular flexibility index (Phi) is 2.34. The lowest BCUT2D eigenvalue weighted by Crippen LogP contribution is -2.42. The predicted molar refractivity (Wildman–Crippen MR) is 48.1 cm³/mol. The average Bonchev–Trinajstić information content (AvgIpc) is 2.04. The van der Waals surface area contributed by atoms with Gasteiger partial charge in [0.2, 0.25) is 0 Å². The lowest BCUT2D eigenvalue weighted by atomic mass is 9.99. The number of nitrogens with zero attached hydrogens (tertiary/aromatic N) is 1. The van der Waals surface area contributed by atoms with Gasteiger partial charge in [-0.25, -0.2) is 4.79 Å². The maximum absolute atomic E-state index is 10.8. The first-order chi connectivity index (χ1) is 5.94. The second-order valence-corrected chi connectivity index (χ2v) is 3.17. The molecule has 4 heteroatoms. The second-order valence-electron chi connectivity index (χ2n) is 3.17. The Balaban J connectivity index is 3.14. The minimum Gasteiger partial charge on any atom is -0.480 e. The third kappa shape index (κ3) is 1.84. The molecule has 1 rings (SSSR count). The fraction of sp³-hybridized carbons (Fsp3) is 0.333. The normalized spacial score (nSPS) is 15.0. The van der Waals surface area contributed by atoms with Crippen LogP contribution in [0.2, 0.25) is 0 Å². The number of aromatic nitrogens is 1. The van der Waals surface area contributed by atoms with Gasteiger partial charge in [-0.05, 0) is 26.0 Å². The van der Waals surface area contributed by atoms with Crippen LogP contribution < -0.4 is 5.73 Å². The molecular weight excluding hydrogens is 168 g/mol. The van der Waals surface area contributed by atoms with Crippen LogP contribution in [0.25, 0.3) is 0 Å². The van der Waals surface area contributed by atoms with E-state index in [1.807, 2.05) is 0 Å². The Morgan fingerprint density at radius 2 is 2.23 bits per heavy atom. The zero-order valence-corrected chi connectivity index (χ0v) is 7.61. The van der Waals surface area contributed by atoms with Gasteiger partial charge in [0.1, 0.15) is 0 Å². The number of hydrogen-bond donors (Lipinski definition) is 2. The van der Waals surface area contributed by atoms with Gasteiger partial charge < -0.3 is 10.8 Å². The number of carbonyl (C=O) groups is 1. The van der Waals surface area contributed by atoms with E-state index in [0.29, 0.717) is 5.69 Å². The van der Waals surface area contributed by atoms with Crippen LogP contribution in [0.4, 0.5) is 0 Å². The van der Waals surface area contributed by atoms with Crippen molar-refractivity contribution in [2.24, 2.45) is 5.73 Å². The summed E-state index contributed by atoms with van der Waals surface area (Å²) in [5.74, 6) is -1.08. The first-order valence-electron chi connectivity index (χ1n) is 3.91. The molecule has 0 aromatic carbocycles. The molecule has 70 valence electrons. The van der Waals surface area contributed by atoms with Crippen LogP contribution in [-0.4, -0.2) is 16.1 Å². The summed E-state index contributed by atoms with van der Waals surface area (Å²) >= 11 is 0. The van der Waals surface area contributed by atoms with E-state index in [1.54, 1.807) is 25.1 Å². The highest BCUT2D eigenvalue weighted by atomic mass is 16.4. The minimum atomic E-state index is -1.41. The van der Waals surface area contributed by atoms with E-state index in [9.17, 15) is 4.79 Å². The molecule has 0 aliphatic rings. The summed E-state index contributed by atoms with van der Waals surface area (Å²) < 4.78 is 0. The van der Waals surface area contributed by atoms with Crippen molar-refractivity contribution < 1.29 is 9.90 Å². The van der Waals surface area contributed by atoms with Gasteiger partial charge in [0.25, 0.3) is 0 Å². The Bertz CT molecular complexity index is 334. The molecule has 0 amide bonds. The molecule has 1 aromatic rings. The van der Waals surface area contributed by atoms with Crippen molar-refractivity contribution in [3.63, 3.8) is 0 Å². The second kappa shape index (κ2) is 3.14. The van der Waals surface area contributed by atoms with Crippen LogP contribution >= 0.6 is 0 Å². The van der Waals surface area contributed by atoms with Gasteiger partial charge in [-0.15, -0.1) is 0 Å². The Hall–Kier alpha value is -1.42. The quantitative estimate of drug-likeness (QED) is 0.700. The van der Waals surface area contributed by atoms with Crippen molar-refractivity contribution >= 4 is 5.97 Å². The van der Waals surface area contributed by atoms with Crippen LogP contribution in [0.3, 0.4) is 0 Å². The fourth-order valence-electron chi connectivity index (χ4n) is 0.942. The largest absolute Gasteiger partial charge is 0.480 e. The van der Waals surface area contributed by atoms with E-state index in [-0.39, 0.29) is 0 Å². The van der Waals surface area contributed by atoms with Crippen LogP contribution in [0, 0.1) is 6.92 Å². The molecule has 0 aliphatic carbocycles. The molecule has 0 saturated heterocycles.